The maximum atomic E-state index is 12.1. The average molecular weight is 665 g/mol. The smallest absolute Gasteiger partial charge is 0.245 e. The monoisotopic (exact) mass is 664 g/mol. The number of carbonyl (C=O) groups is 3. The van der Waals surface area contributed by atoms with Crippen molar-refractivity contribution in [2.45, 2.75) is 106 Å². The van der Waals surface area contributed by atoms with Gasteiger partial charge < -0.3 is 30.7 Å². The largest absolute Gasteiger partial charge is 0.496 e. The van der Waals surface area contributed by atoms with E-state index in [1.807, 2.05) is 41.7 Å². The molecule has 10 heteroatoms. The number of carbonyl (C=O) groups excluding carboxylic acids is 3. The molecule has 0 heterocycles. The van der Waals surface area contributed by atoms with E-state index in [0.717, 1.165) is 31.1 Å². The second kappa shape index (κ2) is 27.8. The molecule has 2 atom stereocenters. The third kappa shape index (κ3) is 20.6. The van der Waals surface area contributed by atoms with Gasteiger partial charge >= 0.3 is 0 Å². The molecule has 0 bridgehead atoms. The molecule has 3 amide bonds. The number of benzene rings is 1. The van der Waals surface area contributed by atoms with Crippen LogP contribution in [0.25, 0.3) is 0 Å². The molecule has 0 spiro atoms. The zero-order valence-corrected chi connectivity index (χ0v) is 31.0. The van der Waals surface area contributed by atoms with Gasteiger partial charge in [-0.25, -0.2) is 4.39 Å². The number of hydrogen-bond donors (Lipinski definition) is 4. The Labute approximate surface area is 284 Å². The van der Waals surface area contributed by atoms with Gasteiger partial charge in [0.05, 0.1) is 18.4 Å². The Morgan fingerprint density at radius 1 is 1.09 bits per heavy atom. The number of halogens is 1. The summed E-state index contributed by atoms with van der Waals surface area (Å²) in [5.41, 5.74) is 2.54. The maximum absolute atomic E-state index is 12.1. The van der Waals surface area contributed by atoms with Gasteiger partial charge in [0.25, 0.3) is 0 Å². The van der Waals surface area contributed by atoms with E-state index in [1.54, 1.807) is 12.1 Å². The molecule has 2 unspecified atom stereocenters. The van der Waals surface area contributed by atoms with E-state index < -0.39 is 18.1 Å². The van der Waals surface area contributed by atoms with E-state index in [1.165, 1.54) is 75.1 Å². The highest BCUT2D eigenvalue weighted by Gasteiger charge is 2.31. The molecular weight excluding hydrogens is 599 g/mol. The molecule has 2 rings (SSSR count). The second-order valence-corrected chi connectivity index (χ2v) is 11.6. The molecular formula is C37H65FN4O5. The van der Waals surface area contributed by atoms with Crippen LogP contribution in [0.1, 0.15) is 92.6 Å². The predicted molar refractivity (Wildman–Crippen MR) is 191 cm³/mol. The number of ether oxygens (including phenoxy) is 1. The van der Waals surface area contributed by atoms with Crippen LogP contribution in [0.5, 0.6) is 0 Å². The number of aliphatic hydroxyl groups excluding tert-OH is 1. The quantitative estimate of drug-likeness (QED) is 0.111. The van der Waals surface area contributed by atoms with Crippen LogP contribution in [0.15, 0.2) is 47.7 Å². The Hall–Kier alpha value is -3.24. The van der Waals surface area contributed by atoms with Gasteiger partial charge in [-0.05, 0) is 70.2 Å². The molecule has 1 aliphatic carbocycles. The SMILES string of the molecule is C/C=C\C(=C(/CC)OCCNC)C1CCCC1.CC.CNC(=O)CNC(=O)C(C(C)O)N(C)C(=O)CC(C)C.Cc1ccc(F)cc1. The van der Waals surface area contributed by atoms with Crippen molar-refractivity contribution in [1.82, 2.24) is 20.9 Å². The van der Waals surface area contributed by atoms with Crippen LogP contribution in [0.2, 0.25) is 0 Å². The van der Waals surface area contributed by atoms with Crippen LogP contribution in [-0.4, -0.2) is 80.7 Å². The summed E-state index contributed by atoms with van der Waals surface area (Å²) in [7, 11) is 4.89. The molecule has 0 aliphatic heterocycles. The van der Waals surface area contributed by atoms with E-state index in [-0.39, 0.29) is 30.1 Å². The molecule has 1 saturated carbocycles. The topological polar surface area (TPSA) is 120 Å². The van der Waals surface area contributed by atoms with Gasteiger partial charge in [0.2, 0.25) is 17.7 Å². The first-order chi connectivity index (χ1) is 22.3. The number of allylic oxidation sites excluding steroid dienone is 4. The highest BCUT2D eigenvalue weighted by molar-refractivity contribution is 5.90. The highest BCUT2D eigenvalue weighted by Crippen LogP contribution is 2.34. The van der Waals surface area contributed by atoms with Crippen molar-refractivity contribution in [1.29, 1.82) is 0 Å². The fourth-order valence-corrected chi connectivity index (χ4v) is 4.80. The molecule has 1 aromatic rings. The lowest BCUT2D eigenvalue weighted by atomic mass is 9.95. The first kappa shape index (κ1) is 45.9. The minimum Gasteiger partial charge on any atom is -0.496 e. The Balaban J connectivity index is 0. The lowest BCUT2D eigenvalue weighted by Crippen LogP contribution is -2.54. The summed E-state index contributed by atoms with van der Waals surface area (Å²) in [5.74, 6) is 0.799. The minimum atomic E-state index is -1.03. The molecule has 0 aromatic heterocycles. The number of aliphatic hydroxyl groups is 1. The van der Waals surface area contributed by atoms with Crippen LogP contribution in [0.4, 0.5) is 4.39 Å². The summed E-state index contributed by atoms with van der Waals surface area (Å²) in [5, 5.41) is 17.6. The van der Waals surface area contributed by atoms with E-state index in [2.05, 4.69) is 41.9 Å². The fourth-order valence-electron chi connectivity index (χ4n) is 4.80. The van der Waals surface area contributed by atoms with Crippen molar-refractivity contribution in [2.24, 2.45) is 11.8 Å². The summed E-state index contributed by atoms with van der Waals surface area (Å²) in [6, 6.07) is 5.39. The summed E-state index contributed by atoms with van der Waals surface area (Å²) in [4.78, 5) is 36.3. The zero-order valence-electron chi connectivity index (χ0n) is 31.0. The number of likely N-dealkylation sites (N-methyl/N-ethyl adjacent to an activating group) is 3. The van der Waals surface area contributed by atoms with Crippen molar-refractivity contribution in [2.75, 3.05) is 40.8 Å². The molecule has 47 heavy (non-hydrogen) atoms. The summed E-state index contributed by atoms with van der Waals surface area (Å²) in [6.45, 7) is 16.9. The standard InChI is InChI=1S/C15H27NO.C13H25N3O4.C7H7F.C2H6/c1-4-8-14(13-9-6-7-10-13)15(5-2)17-12-11-16-3;1-8(2)6-11(19)16(5)12(9(3)17)13(20)15-7-10(18)14-4;1-6-2-4-7(8)5-3-6;1-2/h4,8,13,16H,5-7,9-12H2,1-3H3;8-9,12,17H,6-7H2,1-5H3,(H,14,18)(H,15,20);2-5H,1H3;1-2H3/b8-4-,15-14-;;;. The Morgan fingerprint density at radius 2 is 1.66 bits per heavy atom. The maximum Gasteiger partial charge on any atom is 0.245 e. The Morgan fingerprint density at radius 3 is 2.09 bits per heavy atom. The van der Waals surface area contributed by atoms with Crippen molar-refractivity contribution >= 4 is 17.7 Å². The van der Waals surface area contributed by atoms with Crippen LogP contribution < -0.4 is 16.0 Å². The molecule has 0 saturated heterocycles. The van der Waals surface area contributed by atoms with E-state index >= 15 is 0 Å². The van der Waals surface area contributed by atoms with E-state index in [0.29, 0.717) is 6.42 Å². The van der Waals surface area contributed by atoms with Crippen molar-refractivity contribution < 1.29 is 28.6 Å². The van der Waals surface area contributed by atoms with Crippen molar-refractivity contribution in [3.05, 3.63) is 59.1 Å². The molecule has 9 nitrogen and oxygen atoms in total. The molecule has 0 radical (unpaired) electrons. The van der Waals surface area contributed by atoms with Crippen LogP contribution in [0, 0.1) is 24.6 Å². The van der Waals surface area contributed by atoms with Gasteiger partial charge in [0.1, 0.15) is 18.5 Å². The first-order valence-corrected chi connectivity index (χ1v) is 17.1. The first-order valence-electron chi connectivity index (χ1n) is 17.1. The number of hydrogen-bond acceptors (Lipinski definition) is 6. The summed E-state index contributed by atoms with van der Waals surface area (Å²) in [6.07, 6.45) is 10.1. The van der Waals surface area contributed by atoms with Crippen LogP contribution in [-0.2, 0) is 19.1 Å². The van der Waals surface area contributed by atoms with Gasteiger partial charge in [-0.2, -0.15) is 0 Å². The number of rotatable bonds is 14. The third-order valence-electron chi connectivity index (χ3n) is 7.24. The van der Waals surface area contributed by atoms with Gasteiger partial charge in [-0.3, -0.25) is 14.4 Å². The number of nitrogens with zero attached hydrogens (tertiary/aromatic N) is 1. The number of nitrogens with one attached hydrogen (secondary N) is 3. The normalized spacial score (nSPS) is 14.3. The molecule has 1 aromatic carbocycles. The van der Waals surface area contributed by atoms with Crippen LogP contribution in [0.3, 0.4) is 0 Å². The van der Waals surface area contributed by atoms with Gasteiger partial charge in [0, 0.05) is 33.5 Å². The van der Waals surface area contributed by atoms with Crippen LogP contribution >= 0.6 is 0 Å². The average Bonchev–Trinajstić information content (AvgIpc) is 3.58. The van der Waals surface area contributed by atoms with E-state index in [4.69, 9.17) is 4.74 Å². The van der Waals surface area contributed by atoms with Gasteiger partial charge in [0.15, 0.2) is 0 Å². The molecule has 1 aliphatic rings. The number of aryl methyl sites for hydroxylation is 1. The lowest BCUT2D eigenvalue weighted by Gasteiger charge is -2.29. The Bertz CT molecular complexity index is 1030. The highest BCUT2D eigenvalue weighted by atomic mass is 19.1. The van der Waals surface area contributed by atoms with E-state index in [9.17, 15) is 23.9 Å². The van der Waals surface area contributed by atoms with Gasteiger partial charge in [-0.1, -0.05) is 77.3 Å². The molecule has 270 valence electrons. The second-order valence-electron chi connectivity index (χ2n) is 11.6. The zero-order chi connectivity index (χ0) is 36.4. The summed E-state index contributed by atoms with van der Waals surface area (Å²) < 4.78 is 18.0. The van der Waals surface area contributed by atoms with Gasteiger partial charge in [-0.15, -0.1) is 0 Å². The molecule has 1 fully saturated rings. The lowest BCUT2D eigenvalue weighted by molar-refractivity contribution is -0.143. The number of amides is 3. The minimum absolute atomic E-state index is 0.161. The Kier molecular flexibility index (Phi) is 27.2. The van der Waals surface area contributed by atoms with Crippen molar-refractivity contribution in [3.8, 4) is 0 Å². The predicted octanol–water partition coefficient (Wildman–Crippen LogP) is 5.92. The molecule has 4 N–H and O–H groups in total. The van der Waals surface area contributed by atoms with Crippen molar-refractivity contribution in [3.63, 3.8) is 0 Å². The fraction of sp³-hybridized carbons (Fsp3) is 0.649. The summed E-state index contributed by atoms with van der Waals surface area (Å²) >= 11 is 0. The third-order valence-corrected chi connectivity index (χ3v) is 7.24.